The Morgan fingerprint density at radius 3 is 2.48 bits per heavy atom. The molecule has 1 fully saturated rings. The average Bonchev–Trinajstić information content (AvgIpc) is 3.19. The van der Waals surface area contributed by atoms with Crippen molar-refractivity contribution >= 4 is 17.6 Å². The smallest absolute Gasteiger partial charge is 0.319 e. The first-order valence-electron chi connectivity index (χ1n) is 9.57. The number of nitrogens with one attached hydrogen (secondary N) is 3. The number of carbonyl (C=O) groups is 2. The van der Waals surface area contributed by atoms with Gasteiger partial charge in [0, 0.05) is 5.69 Å². The van der Waals surface area contributed by atoms with Gasteiger partial charge in [-0.1, -0.05) is 55.3 Å². The summed E-state index contributed by atoms with van der Waals surface area (Å²) in [7, 11) is 0. The molecule has 3 N–H and O–H groups in total. The molecule has 0 saturated heterocycles. The van der Waals surface area contributed by atoms with Crippen molar-refractivity contribution in [2.45, 2.75) is 38.6 Å². The molecule has 27 heavy (non-hydrogen) atoms. The summed E-state index contributed by atoms with van der Waals surface area (Å²) in [6, 6.07) is 17.2. The predicted octanol–water partition coefficient (Wildman–Crippen LogP) is 4.16. The highest BCUT2D eigenvalue weighted by Gasteiger charge is 2.27. The van der Waals surface area contributed by atoms with Crippen LogP contribution in [0.3, 0.4) is 0 Å². The molecule has 1 aliphatic carbocycles. The van der Waals surface area contributed by atoms with Crippen LogP contribution in [0.25, 0.3) is 0 Å². The van der Waals surface area contributed by atoms with Gasteiger partial charge in [-0.2, -0.15) is 0 Å². The molecule has 142 valence electrons. The number of aryl methyl sites for hydroxylation is 1. The van der Waals surface area contributed by atoms with Crippen molar-refractivity contribution in [2.75, 3.05) is 11.9 Å². The monoisotopic (exact) mass is 365 g/mol. The Bertz CT molecular complexity index is 770. The molecule has 2 aromatic carbocycles. The molecule has 0 aromatic heterocycles. The van der Waals surface area contributed by atoms with Gasteiger partial charge < -0.3 is 16.0 Å². The highest BCUT2D eigenvalue weighted by atomic mass is 16.2. The zero-order chi connectivity index (χ0) is 19.1. The number of anilines is 1. The van der Waals surface area contributed by atoms with E-state index in [1.807, 2.05) is 49.4 Å². The third-order valence-corrected chi connectivity index (χ3v) is 5.03. The summed E-state index contributed by atoms with van der Waals surface area (Å²) in [5.74, 6) is 0.285. The minimum Gasteiger partial charge on any atom is -0.347 e. The first-order valence-corrected chi connectivity index (χ1v) is 9.57. The third kappa shape index (κ3) is 5.58. The second kappa shape index (κ2) is 9.21. The summed E-state index contributed by atoms with van der Waals surface area (Å²) in [6.45, 7) is 1.91. The second-order valence-electron chi connectivity index (χ2n) is 7.18. The van der Waals surface area contributed by atoms with Gasteiger partial charge in [0.25, 0.3) is 0 Å². The largest absolute Gasteiger partial charge is 0.347 e. The van der Waals surface area contributed by atoms with E-state index in [2.05, 4.69) is 28.1 Å². The van der Waals surface area contributed by atoms with Gasteiger partial charge in [0.15, 0.2) is 0 Å². The minimum atomic E-state index is -0.382. The molecular formula is C22H27N3O2. The highest BCUT2D eigenvalue weighted by molar-refractivity contribution is 5.92. The molecule has 1 atom stereocenters. The molecule has 5 heteroatoms. The van der Waals surface area contributed by atoms with Gasteiger partial charge >= 0.3 is 6.03 Å². The van der Waals surface area contributed by atoms with Gasteiger partial charge in [-0.25, -0.2) is 4.79 Å². The van der Waals surface area contributed by atoms with Gasteiger partial charge in [-0.05, 0) is 48.9 Å². The molecule has 0 spiro atoms. The zero-order valence-corrected chi connectivity index (χ0v) is 15.7. The standard InChI is InChI=1S/C22H27N3O2/c1-16-8-7-13-19(14-16)24-22(27)23-15-20(26)25-21(18-11-5-6-12-18)17-9-3-2-4-10-17/h2-4,7-10,13-14,18,21H,5-6,11-12,15H2,1H3,(H,25,26)(H2,23,24,27). The summed E-state index contributed by atoms with van der Waals surface area (Å²) in [6.07, 6.45) is 4.67. The Labute approximate surface area is 160 Å². The van der Waals surface area contributed by atoms with Crippen molar-refractivity contribution in [3.05, 3.63) is 65.7 Å². The summed E-state index contributed by atoms with van der Waals surface area (Å²) >= 11 is 0. The maximum Gasteiger partial charge on any atom is 0.319 e. The van der Waals surface area contributed by atoms with Gasteiger partial charge in [-0.3, -0.25) is 4.79 Å². The van der Waals surface area contributed by atoms with E-state index in [1.165, 1.54) is 12.8 Å². The van der Waals surface area contributed by atoms with Crippen molar-refractivity contribution in [2.24, 2.45) is 5.92 Å². The van der Waals surface area contributed by atoms with Crippen LogP contribution in [0.5, 0.6) is 0 Å². The van der Waals surface area contributed by atoms with Crippen LogP contribution in [0, 0.1) is 12.8 Å². The van der Waals surface area contributed by atoms with Crippen LogP contribution in [-0.4, -0.2) is 18.5 Å². The topological polar surface area (TPSA) is 70.2 Å². The van der Waals surface area contributed by atoms with Crippen LogP contribution in [0.2, 0.25) is 0 Å². The van der Waals surface area contributed by atoms with E-state index in [1.54, 1.807) is 0 Å². The summed E-state index contributed by atoms with van der Waals surface area (Å²) in [4.78, 5) is 24.5. The molecule has 5 nitrogen and oxygen atoms in total. The third-order valence-electron chi connectivity index (χ3n) is 5.03. The quantitative estimate of drug-likeness (QED) is 0.719. The van der Waals surface area contributed by atoms with Crippen LogP contribution < -0.4 is 16.0 Å². The SMILES string of the molecule is Cc1cccc(NC(=O)NCC(=O)NC(c2ccccc2)C2CCCC2)c1. The van der Waals surface area contributed by atoms with Crippen LogP contribution in [0.15, 0.2) is 54.6 Å². The number of hydrogen-bond acceptors (Lipinski definition) is 2. The Hall–Kier alpha value is -2.82. The van der Waals surface area contributed by atoms with Gasteiger partial charge in [0.05, 0.1) is 12.6 Å². The summed E-state index contributed by atoms with van der Waals surface area (Å²) in [5, 5.41) is 8.51. The first-order chi connectivity index (χ1) is 13.1. The van der Waals surface area contributed by atoms with E-state index in [0.717, 1.165) is 24.0 Å². The Morgan fingerprint density at radius 1 is 1.04 bits per heavy atom. The predicted molar refractivity (Wildman–Crippen MR) is 107 cm³/mol. The first kappa shape index (κ1) is 19.0. The van der Waals surface area contributed by atoms with Crippen LogP contribution in [0.1, 0.15) is 42.9 Å². The fraction of sp³-hybridized carbons (Fsp3) is 0.364. The molecule has 1 unspecified atom stereocenters. The maximum absolute atomic E-state index is 12.4. The van der Waals surface area contributed by atoms with E-state index in [0.29, 0.717) is 11.6 Å². The molecule has 3 amide bonds. The number of hydrogen-bond donors (Lipinski definition) is 3. The van der Waals surface area contributed by atoms with Crippen molar-refractivity contribution in [3.8, 4) is 0 Å². The van der Waals surface area contributed by atoms with Crippen molar-refractivity contribution in [3.63, 3.8) is 0 Å². The van der Waals surface area contributed by atoms with E-state index in [4.69, 9.17) is 0 Å². The summed E-state index contributed by atoms with van der Waals surface area (Å²) in [5.41, 5.74) is 2.90. The zero-order valence-electron chi connectivity index (χ0n) is 15.7. The van der Waals surface area contributed by atoms with E-state index in [9.17, 15) is 9.59 Å². The lowest BCUT2D eigenvalue weighted by atomic mass is 9.91. The Balaban J connectivity index is 1.54. The fourth-order valence-corrected chi connectivity index (χ4v) is 3.71. The lowest BCUT2D eigenvalue weighted by Gasteiger charge is -2.25. The number of benzene rings is 2. The van der Waals surface area contributed by atoms with E-state index >= 15 is 0 Å². The lowest BCUT2D eigenvalue weighted by Crippen LogP contribution is -2.41. The van der Waals surface area contributed by atoms with Crippen molar-refractivity contribution in [1.82, 2.24) is 10.6 Å². The van der Waals surface area contributed by atoms with Crippen LogP contribution in [-0.2, 0) is 4.79 Å². The molecule has 2 aromatic rings. The average molecular weight is 365 g/mol. The van der Waals surface area contributed by atoms with Gasteiger partial charge in [0.2, 0.25) is 5.91 Å². The Morgan fingerprint density at radius 2 is 1.78 bits per heavy atom. The molecule has 1 aliphatic rings. The normalized spacial score (nSPS) is 15.1. The van der Waals surface area contributed by atoms with Crippen LogP contribution >= 0.6 is 0 Å². The number of rotatable bonds is 6. The lowest BCUT2D eigenvalue weighted by molar-refractivity contribution is -0.121. The minimum absolute atomic E-state index is 0.00262. The Kier molecular flexibility index (Phi) is 6.47. The highest BCUT2D eigenvalue weighted by Crippen LogP contribution is 2.35. The van der Waals surface area contributed by atoms with Gasteiger partial charge in [0.1, 0.15) is 0 Å². The molecule has 0 bridgehead atoms. The number of carbonyl (C=O) groups excluding carboxylic acids is 2. The molecule has 0 aliphatic heterocycles. The van der Waals surface area contributed by atoms with E-state index < -0.39 is 0 Å². The molecule has 0 heterocycles. The maximum atomic E-state index is 12.4. The number of urea groups is 1. The number of amides is 3. The molecule has 1 saturated carbocycles. The van der Waals surface area contributed by atoms with Crippen molar-refractivity contribution in [1.29, 1.82) is 0 Å². The van der Waals surface area contributed by atoms with Gasteiger partial charge in [-0.15, -0.1) is 0 Å². The van der Waals surface area contributed by atoms with Crippen LogP contribution in [0.4, 0.5) is 10.5 Å². The van der Waals surface area contributed by atoms with Crippen molar-refractivity contribution < 1.29 is 9.59 Å². The van der Waals surface area contributed by atoms with E-state index in [-0.39, 0.29) is 24.5 Å². The molecule has 0 radical (unpaired) electrons. The summed E-state index contributed by atoms with van der Waals surface area (Å²) < 4.78 is 0. The fourth-order valence-electron chi connectivity index (χ4n) is 3.71. The second-order valence-corrected chi connectivity index (χ2v) is 7.18. The molecule has 3 rings (SSSR count). The molecular weight excluding hydrogens is 338 g/mol.